The molecule has 0 saturated heterocycles. The molecule has 6 nitrogen and oxygen atoms in total. The highest BCUT2D eigenvalue weighted by Gasteiger charge is 2.21. The second-order valence-electron chi connectivity index (χ2n) is 5.64. The van der Waals surface area contributed by atoms with Crippen LogP contribution in [0.25, 0.3) is 11.5 Å². The fraction of sp³-hybridized carbons (Fsp3) is 0.150. The number of rotatable bonds is 6. The summed E-state index contributed by atoms with van der Waals surface area (Å²) in [5.41, 5.74) is 1.20. The van der Waals surface area contributed by atoms with Gasteiger partial charge in [-0.1, -0.05) is 18.2 Å². The zero-order valence-corrected chi connectivity index (χ0v) is 16.3. The lowest BCUT2D eigenvalue weighted by Crippen LogP contribution is -2.15. The van der Waals surface area contributed by atoms with E-state index in [4.69, 9.17) is 13.9 Å². The number of hydrogen-bond acceptors (Lipinski definition) is 6. The quantitative estimate of drug-likeness (QED) is 0.425. The Balaban J connectivity index is 1.68. The minimum Gasteiger partial charge on any atom is -0.496 e. The van der Waals surface area contributed by atoms with E-state index in [1.807, 2.05) is 30.3 Å². The molecule has 3 rings (SSSR count). The van der Waals surface area contributed by atoms with Gasteiger partial charge < -0.3 is 13.9 Å². The van der Waals surface area contributed by atoms with Gasteiger partial charge >= 0.3 is 5.97 Å². The molecule has 0 bridgehead atoms. The minimum absolute atomic E-state index is 0.0533. The number of carbonyl (C=O) groups excluding carboxylic acids is 2. The van der Waals surface area contributed by atoms with Crippen LogP contribution in [-0.4, -0.2) is 30.5 Å². The van der Waals surface area contributed by atoms with Crippen LogP contribution < -0.4 is 4.74 Å². The molecule has 1 heterocycles. The first-order valence-electron chi connectivity index (χ1n) is 8.06. The standard InChI is InChI=1S/C20H16BrNO5/c1-12-18(22-19(27-12)13-6-4-3-5-7-13)20(24)26-11-16(23)14-8-9-17(25-2)15(21)10-14/h3-10H,11H2,1-2H3. The Morgan fingerprint density at radius 3 is 2.56 bits per heavy atom. The molecule has 0 unspecified atom stereocenters. The highest BCUT2D eigenvalue weighted by molar-refractivity contribution is 9.10. The summed E-state index contributed by atoms with van der Waals surface area (Å²) < 4.78 is 16.4. The van der Waals surface area contributed by atoms with E-state index in [0.717, 1.165) is 5.56 Å². The molecule has 3 aromatic rings. The van der Waals surface area contributed by atoms with Crippen LogP contribution in [0.3, 0.4) is 0 Å². The molecule has 7 heteroatoms. The number of carbonyl (C=O) groups is 2. The van der Waals surface area contributed by atoms with E-state index >= 15 is 0 Å². The largest absolute Gasteiger partial charge is 0.496 e. The Morgan fingerprint density at radius 2 is 1.89 bits per heavy atom. The van der Waals surface area contributed by atoms with Gasteiger partial charge in [-0.15, -0.1) is 0 Å². The van der Waals surface area contributed by atoms with Gasteiger partial charge in [0.15, 0.2) is 18.1 Å². The molecule has 0 N–H and O–H groups in total. The van der Waals surface area contributed by atoms with Crippen LogP contribution in [0.2, 0.25) is 0 Å². The van der Waals surface area contributed by atoms with Gasteiger partial charge in [-0.3, -0.25) is 4.79 Å². The fourth-order valence-electron chi connectivity index (χ4n) is 2.41. The fourth-order valence-corrected chi connectivity index (χ4v) is 2.95. The maximum atomic E-state index is 12.3. The van der Waals surface area contributed by atoms with Crippen molar-refractivity contribution in [2.45, 2.75) is 6.92 Å². The number of Topliss-reactive ketones (excluding diaryl/α,β-unsaturated/α-hetero) is 1. The predicted molar refractivity (Wildman–Crippen MR) is 102 cm³/mol. The number of aryl methyl sites for hydroxylation is 1. The molecule has 2 aromatic carbocycles. The maximum Gasteiger partial charge on any atom is 0.361 e. The molecular weight excluding hydrogens is 414 g/mol. The highest BCUT2D eigenvalue weighted by atomic mass is 79.9. The first kappa shape index (κ1) is 18.8. The van der Waals surface area contributed by atoms with Crippen LogP contribution >= 0.6 is 15.9 Å². The molecule has 0 fully saturated rings. The topological polar surface area (TPSA) is 78.6 Å². The summed E-state index contributed by atoms with van der Waals surface area (Å²) in [5.74, 6) is 0.217. The van der Waals surface area contributed by atoms with Crippen LogP contribution in [0, 0.1) is 6.92 Å². The highest BCUT2D eigenvalue weighted by Crippen LogP contribution is 2.26. The molecular formula is C20H16BrNO5. The van der Waals surface area contributed by atoms with E-state index < -0.39 is 12.6 Å². The summed E-state index contributed by atoms with van der Waals surface area (Å²) in [5, 5.41) is 0. The smallest absolute Gasteiger partial charge is 0.361 e. The molecule has 0 amide bonds. The molecule has 0 aliphatic carbocycles. The number of benzene rings is 2. The number of hydrogen-bond donors (Lipinski definition) is 0. The van der Waals surface area contributed by atoms with Gasteiger partial charge in [-0.2, -0.15) is 0 Å². The zero-order chi connectivity index (χ0) is 19.4. The van der Waals surface area contributed by atoms with Crippen molar-refractivity contribution in [3.8, 4) is 17.2 Å². The van der Waals surface area contributed by atoms with Crippen molar-refractivity contribution < 1.29 is 23.5 Å². The average Bonchev–Trinajstić information content (AvgIpc) is 3.08. The summed E-state index contributed by atoms with van der Waals surface area (Å²) in [6.45, 7) is 1.23. The Hall–Kier alpha value is -2.93. The average molecular weight is 430 g/mol. The van der Waals surface area contributed by atoms with Crippen molar-refractivity contribution in [3.63, 3.8) is 0 Å². The number of nitrogens with zero attached hydrogens (tertiary/aromatic N) is 1. The summed E-state index contributed by atoms with van der Waals surface area (Å²) in [4.78, 5) is 28.7. The maximum absolute atomic E-state index is 12.3. The van der Waals surface area contributed by atoms with Gasteiger partial charge in [-0.25, -0.2) is 9.78 Å². The van der Waals surface area contributed by atoms with Crippen molar-refractivity contribution in [1.29, 1.82) is 0 Å². The third-order valence-corrected chi connectivity index (χ3v) is 4.44. The van der Waals surface area contributed by atoms with E-state index in [1.165, 1.54) is 7.11 Å². The molecule has 1 aromatic heterocycles. The van der Waals surface area contributed by atoms with Gasteiger partial charge in [0.05, 0.1) is 11.6 Å². The Kier molecular flexibility index (Phi) is 5.71. The van der Waals surface area contributed by atoms with E-state index in [2.05, 4.69) is 20.9 Å². The molecule has 0 spiro atoms. The van der Waals surface area contributed by atoms with Crippen molar-refractivity contribution in [2.24, 2.45) is 0 Å². The van der Waals surface area contributed by atoms with Crippen molar-refractivity contribution in [2.75, 3.05) is 13.7 Å². The van der Waals surface area contributed by atoms with Crippen molar-refractivity contribution >= 4 is 27.7 Å². The number of ether oxygens (including phenoxy) is 2. The molecule has 0 atom stereocenters. The molecule has 27 heavy (non-hydrogen) atoms. The van der Waals surface area contributed by atoms with Crippen molar-refractivity contribution in [1.82, 2.24) is 4.98 Å². The van der Waals surface area contributed by atoms with E-state index in [0.29, 0.717) is 27.4 Å². The van der Waals surface area contributed by atoms with Gasteiger partial charge in [0.25, 0.3) is 0 Å². The van der Waals surface area contributed by atoms with Crippen LogP contribution in [0.15, 0.2) is 57.4 Å². The lowest BCUT2D eigenvalue weighted by molar-refractivity contribution is 0.0468. The normalized spacial score (nSPS) is 10.5. The van der Waals surface area contributed by atoms with Crippen LogP contribution in [0.4, 0.5) is 0 Å². The lowest BCUT2D eigenvalue weighted by atomic mass is 10.1. The number of aromatic nitrogens is 1. The van der Waals surface area contributed by atoms with Gasteiger partial charge in [0, 0.05) is 11.1 Å². The number of ketones is 1. The van der Waals surface area contributed by atoms with Crippen LogP contribution in [0.5, 0.6) is 5.75 Å². The summed E-state index contributed by atoms with van der Waals surface area (Å²) >= 11 is 3.32. The van der Waals surface area contributed by atoms with E-state index in [9.17, 15) is 9.59 Å². The molecule has 0 saturated carbocycles. The lowest BCUT2D eigenvalue weighted by Gasteiger charge is -2.06. The van der Waals surface area contributed by atoms with Crippen LogP contribution in [-0.2, 0) is 4.74 Å². The van der Waals surface area contributed by atoms with Crippen LogP contribution in [0.1, 0.15) is 26.6 Å². The summed E-state index contributed by atoms with van der Waals surface area (Å²) in [6, 6.07) is 14.1. The first-order valence-corrected chi connectivity index (χ1v) is 8.85. The third-order valence-electron chi connectivity index (χ3n) is 3.82. The molecule has 138 valence electrons. The van der Waals surface area contributed by atoms with E-state index in [-0.39, 0.29) is 11.5 Å². The number of methoxy groups -OCH3 is 1. The van der Waals surface area contributed by atoms with Gasteiger partial charge in [0.2, 0.25) is 5.89 Å². The second-order valence-corrected chi connectivity index (χ2v) is 6.49. The second kappa shape index (κ2) is 8.18. The minimum atomic E-state index is -0.709. The monoisotopic (exact) mass is 429 g/mol. The zero-order valence-electron chi connectivity index (χ0n) is 14.7. The molecule has 0 radical (unpaired) electrons. The van der Waals surface area contributed by atoms with Crippen molar-refractivity contribution in [3.05, 3.63) is 70.0 Å². The SMILES string of the molecule is COc1ccc(C(=O)COC(=O)c2nc(-c3ccccc3)oc2C)cc1Br. The molecule has 0 aliphatic heterocycles. The molecule has 0 aliphatic rings. The Morgan fingerprint density at radius 1 is 1.15 bits per heavy atom. The number of esters is 1. The summed E-state index contributed by atoms with van der Waals surface area (Å²) in [7, 11) is 1.54. The Bertz CT molecular complexity index is 981. The predicted octanol–water partition coefficient (Wildman–Crippen LogP) is 4.46. The third kappa shape index (κ3) is 4.25. The number of halogens is 1. The first-order chi connectivity index (χ1) is 13.0. The van der Waals surface area contributed by atoms with E-state index in [1.54, 1.807) is 25.1 Å². The van der Waals surface area contributed by atoms with Gasteiger partial charge in [0.1, 0.15) is 11.5 Å². The summed E-state index contributed by atoms with van der Waals surface area (Å²) in [6.07, 6.45) is 0. The van der Waals surface area contributed by atoms with Gasteiger partial charge in [-0.05, 0) is 53.2 Å². The number of oxazole rings is 1. The Labute approximate surface area is 164 Å².